The molecule has 2 aromatic carbocycles. The van der Waals surface area contributed by atoms with Gasteiger partial charge in [-0.2, -0.15) is 0 Å². The molecule has 4 rings (SSSR count). The van der Waals surface area contributed by atoms with E-state index < -0.39 is 0 Å². The lowest BCUT2D eigenvalue weighted by atomic mass is 10.3. The van der Waals surface area contributed by atoms with Gasteiger partial charge < -0.3 is 14.6 Å². The van der Waals surface area contributed by atoms with Gasteiger partial charge in [0.05, 0.1) is 27.9 Å². The fourth-order valence-electron chi connectivity index (χ4n) is 3.06. The number of fused-ring (bicyclic) bond motifs is 1. The first-order valence-corrected chi connectivity index (χ1v) is 9.52. The second-order valence-electron chi connectivity index (χ2n) is 6.02. The number of imidazole rings is 1. The second-order valence-corrected chi connectivity index (χ2v) is 7.10. The Kier molecular flexibility index (Phi) is 4.64. The molecule has 136 valence electrons. The maximum atomic E-state index is 12.6. The van der Waals surface area contributed by atoms with Gasteiger partial charge in [-0.1, -0.05) is 18.2 Å². The summed E-state index contributed by atoms with van der Waals surface area (Å²) >= 11 is 1.44. The number of benzene rings is 2. The van der Waals surface area contributed by atoms with E-state index in [1.807, 2.05) is 48.5 Å². The van der Waals surface area contributed by atoms with Crippen molar-refractivity contribution in [1.82, 2.24) is 9.55 Å². The van der Waals surface area contributed by atoms with Crippen molar-refractivity contribution in [3.63, 3.8) is 0 Å². The number of amides is 1. The summed E-state index contributed by atoms with van der Waals surface area (Å²) in [6, 6.07) is 19.2. The van der Waals surface area contributed by atoms with Crippen molar-refractivity contribution < 1.29 is 9.53 Å². The molecule has 27 heavy (non-hydrogen) atoms. The molecule has 0 aliphatic carbocycles. The summed E-state index contributed by atoms with van der Waals surface area (Å²) in [5, 5.41) is 2.92. The quantitative estimate of drug-likeness (QED) is 0.530. The number of carbonyl (C=O) groups is 1. The number of methoxy groups -OCH3 is 1. The monoisotopic (exact) mass is 377 g/mol. The molecule has 0 saturated heterocycles. The molecule has 2 aromatic heterocycles. The molecule has 0 bridgehead atoms. The first kappa shape index (κ1) is 17.3. The van der Waals surface area contributed by atoms with Crippen LogP contribution in [-0.4, -0.2) is 22.6 Å². The van der Waals surface area contributed by atoms with Crippen molar-refractivity contribution in [3.8, 4) is 16.5 Å². The molecule has 0 aliphatic rings. The molecule has 0 atom stereocenters. The molecule has 5 nitrogen and oxygen atoms in total. The van der Waals surface area contributed by atoms with Crippen molar-refractivity contribution in [2.45, 2.75) is 13.5 Å². The Morgan fingerprint density at radius 1 is 1.15 bits per heavy atom. The van der Waals surface area contributed by atoms with Gasteiger partial charge in [-0.3, -0.25) is 4.79 Å². The minimum atomic E-state index is -0.140. The third-order valence-corrected chi connectivity index (χ3v) is 5.43. The summed E-state index contributed by atoms with van der Waals surface area (Å²) < 4.78 is 7.37. The molecule has 0 spiro atoms. The highest BCUT2D eigenvalue weighted by Gasteiger charge is 2.16. The first-order valence-electron chi connectivity index (χ1n) is 8.70. The van der Waals surface area contributed by atoms with Gasteiger partial charge in [0, 0.05) is 18.3 Å². The number of carbonyl (C=O) groups excluding carboxylic acids is 1. The molecule has 0 radical (unpaired) electrons. The van der Waals surface area contributed by atoms with Crippen LogP contribution in [0.1, 0.15) is 16.6 Å². The van der Waals surface area contributed by atoms with Gasteiger partial charge >= 0.3 is 0 Å². The highest BCUT2D eigenvalue weighted by Crippen LogP contribution is 2.31. The number of aromatic nitrogens is 2. The number of nitrogens with one attached hydrogen (secondary N) is 1. The van der Waals surface area contributed by atoms with E-state index in [-0.39, 0.29) is 5.91 Å². The van der Waals surface area contributed by atoms with Crippen LogP contribution in [0, 0.1) is 0 Å². The van der Waals surface area contributed by atoms with Gasteiger partial charge in [-0.25, -0.2) is 4.98 Å². The Morgan fingerprint density at radius 3 is 2.81 bits per heavy atom. The van der Waals surface area contributed by atoms with Crippen molar-refractivity contribution in [1.29, 1.82) is 0 Å². The molecule has 6 heteroatoms. The molecule has 1 N–H and O–H groups in total. The Bertz CT molecular complexity index is 1110. The third kappa shape index (κ3) is 3.31. The number of anilines is 1. The first-order chi connectivity index (χ1) is 13.2. The molecule has 0 unspecified atom stereocenters. The zero-order chi connectivity index (χ0) is 18.8. The Labute approximate surface area is 161 Å². The molecule has 0 fully saturated rings. The van der Waals surface area contributed by atoms with Crippen LogP contribution in [0.4, 0.5) is 5.69 Å². The molecule has 4 aromatic rings. The predicted octanol–water partition coefficient (Wildman–Crippen LogP) is 5.05. The van der Waals surface area contributed by atoms with Crippen molar-refractivity contribution in [3.05, 3.63) is 65.5 Å². The lowest BCUT2D eigenvalue weighted by Gasteiger charge is -2.06. The molecule has 1 amide bonds. The molecular formula is C21H19N3O2S. The van der Waals surface area contributed by atoms with Crippen LogP contribution < -0.4 is 10.1 Å². The van der Waals surface area contributed by atoms with E-state index in [0.29, 0.717) is 16.3 Å². The number of para-hydroxylation sites is 2. The maximum absolute atomic E-state index is 12.6. The molecular weight excluding hydrogens is 358 g/mol. The minimum absolute atomic E-state index is 0.140. The highest BCUT2D eigenvalue weighted by molar-refractivity contribution is 7.17. The smallest absolute Gasteiger partial charge is 0.265 e. The van der Waals surface area contributed by atoms with E-state index in [2.05, 4.69) is 22.9 Å². The average Bonchev–Trinajstić information content (AvgIpc) is 3.32. The van der Waals surface area contributed by atoms with E-state index in [1.165, 1.54) is 11.3 Å². The number of hydrogen-bond acceptors (Lipinski definition) is 4. The SMILES string of the molecule is CCn1c(-c2ccc(C(=O)Nc3cccc(OC)c3)s2)nc2ccccc21. The van der Waals surface area contributed by atoms with Gasteiger partial charge in [0.25, 0.3) is 5.91 Å². The molecule has 2 heterocycles. The summed E-state index contributed by atoms with van der Waals surface area (Å²) in [7, 11) is 1.60. The van der Waals surface area contributed by atoms with Crippen LogP contribution >= 0.6 is 11.3 Å². The van der Waals surface area contributed by atoms with Crippen molar-refractivity contribution >= 4 is 34.0 Å². The predicted molar refractivity (Wildman–Crippen MR) is 110 cm³/mol. The standard InChI is InChI=1S/C21H19N3O2S/c1-3-24-17-10-5-4-9-16(17)23-20(24)18-11-12-19(27-18)21(25)22-14-7-6-8-15(13-14)26-2/h4-13H,3H2,1-2H3,(H,22,25). The van der Waals surface area contributed by atoms with Gasteiger partial charge in [0.15, 0.2) is 5.82 Å². The molecule has 0 aliphatic heterocycles. The fraction of sp³-hybridized carbons (Fsp3) is 0.143. The summed E-state index contributed by atoms with van der Waals surface area (Å²) in [6.45, 7) is 2.92. The summed E-state index contributed by atoms with van der Waals surface area (Å²) in [5.74, 6) is 1.46. The Morgan fingerprint density at radius 2 is 2.00 bits per heavy atom. The lowest BCUT2D eigenvalue weighted by molar-refractivity contribution is 0.103. The van der Waals surface area contributed by atoms with E-state index in [9.17, 15) is 4.79 Å². The zero-order valence-electron chi connectivity index (χ0n) is 15.1. The van der Waals surface area contributed by atoms with Gasteiger partial charge in [0.2, 0.25) is 0 Å². The van der Waals surface area contributed by atoms with Crippen LogP contribution in [0.5, 0.6) is 5.75 Å². The number of rotatable bonds is 5. The number of aryl methyl sites for hydroxylation is 1. The number of ether oxygens (including phenoxy) is 1. The topological polar surface area (TPSA) is 56.2 Å². The summed E-state index contributed by atoms with van der Waals surface area (Å²) in [5.41, 5.74) is 2.77. The van der Waals surface area contributed by atoms with Crippen molar-refractivity contribution in [2.24, 2.45) is 0 Å². The van der Waals surface area contributed by atoms with E-state index >= 15 is 0 Å². The van der Waals surface area contributed by atoms with Crippen LogP contribution in [0.15, 0.2) is 60.7 Å². The van der Waals surface area contributed by atoms with Crippen LogP contribution in [0.3, 0.4) is 0 Å². The zero-order valence-corrected chi connectivity index (χ0v) is 15.9. The van der Waals surface area contributed by atoms with E-state index in [1.54, 1.807) is 13.2 Å². The maximum Gasteiger partial charge on any atom is 0.265 e. The largest absolute Gasteiger partial charge is 0.497 e. The minimum Gasteiger partial charge on any atom is -0.497 e. The number of thiophene rings is 1. The van der Waals surface area contributed by atoms with Gasteiger partial charge in [0.1, 0.15) is 5.75 Å². The second kappa shape index (κ2) is 7.25. The van der Waals surface area contributed by atoms with Gasteiger partial charge in [-0.15, -0.1) is 11.3 Å². The Balaban J connectivity index is 1.62. The van der Waals surface area contributed by atoms with Gasteiger partial charge in [-0.05, 0) is 43.3 Å². The number of nitrogens with zero attached hydrogens (tertiary/aromatic N) is 2. The Hall–Kier alpha value is -3.12. The van der Waals surface area contributed by atoms with E-state index in [0.717, 1.165) is 28.3 Å². The third-order valence-electron chi connectivity index (χ3n) is 4.35. The van der Waals surface area contributed by atoms with Crippen LogP contribution in [0.2, 0.25) is 0 Å². The van der Waals surface area contributed by atoms with Crippen LogP contribution in [0.25, 0.3) is 21.7 Å². The number of hydrogen-bond donors (Lipinski definition) is 1. The summed E-state index contributed by atoms with van der Waals surface area (Å²) in [6.07, 6.45) is 0. The fourth-order valence-corrected chi connectivity index (χ4v) is 3.96. The summed E-state index contributed by atoms with van der Waals surface area (Å²) in [4.78, 5) is 19.0. The molecule has 0 saturated carbocycles. The normalized spacial score (nSPS) is 10.9. The van der Waals surface area contributed by atoms with E-state index in [4.69, 9.17) is 9.72 Å². The average molecular weight is 377 g/mol. The van der Waals surface area contributed by atoms with Crippen molar-refractivity contribution in [2.75, 3.05) is 12.4 Å². The van der Waals surface area contributed by atoms with Crippen LogP contribution in [-0.2, 0) is 6.54 Å². The highest BCUT2D eigenvalue weighted by atomic mass is 32.1. The lowest BCUT2D eigenvalue weighted by Crippen LogP contribution is -2.09.